The Morgan fingerprint density at radius 1 is 1.56 bits per heavy atom. The number of rotatable bonds is 3. The van der Waals surface area contributed by atoms with E-state index in [1.807, 2.05) is 12.1 Å². The summed E-state index contributed by atoms with van der Waals surface area (Å²) in [6, 6.07) is 6.43. The number of fused-ring (bicyclic) bond motifs is 1. The molecule has 0 radical (unpaired) electrons. The molecule has 1 aromatic rings. The van der Waals surface area contributed by atoms with Crippen LogP contribution in [0.4, 0.5) is 11.4 Å². The minimum Gasteiger partial charge on any atom is -0.382 e. The molecular weight excluding hydrogens is 250 g/mol. The van der Waals surface area contributed by atoms with Gasteiger partial charge in [-0.25, -0.2) is 0 Å². The summed E-state index contributed by atoms with van der Waals surface area (Å²) in [4.78, 5) is 13.6. The highest BCUT2D eigenvalue weighted by Gasteiger charge is 2.21. The lowest BCUT2D eigenvalue weighted by molar-refractivity contribution is -0.113. The van der Waals surface area contributed by atoms with Crippen molar-refractivity contribution in [1.29, 1.82) is 0 Å². The van der Waals surface area contributed by atoms with Gasteiger partial charge in [-0.2, -0.15) is 0 Å². The summed E-state index contributed by atoms with van der Waals surface area (Å²) in [5, 5.41) is 6.21. The van der Waals surface area contributed by atoms with E-state index < -0.39 is 0 Å². The maximum atomic E-state index is 11.4. The minimum absolute atomic E-state index is 0.0238. The van der Waals surface area contributed by atoms with Crippen molar-refractivity contribution in [3.8, 4) is 0 Å². The third-order valence-electron chi connectivity index (χ3n) is 3.25. The van der Waals surface area contributed by atoms with Crippen molar-refractivity contribution in [2.24, 2.45) is 0 Å². The Bertz CT molecular complexity index is 448. The van der Waals surface area contributed by atoms with Gasteiger partial charge in [-0.15, -0.1) is 11.6 Å². The fourth-order valence-corrected chi connectivity index (χ4v) is 2.24. The molecule has 1 unspecified atom stereocenters. The van der Waals surface area contributed by atoms with Crippen molar-refractivity contribution in [1.82, 2.24) is 4.90 Å². The van der Waals surface area contributed by atoms with Crippen LogP contribution in [0.3, 0.4) is 0 Å². The normalized spacial score (nSPS) is 18.1. The van der Waals surface area contributed by atoms with Gasteiger partial charge in [0, 0.05) is 12.6 Å². The van der Waals surface area contributed by atoms with Gasteiger partial charge in [0.05, 0.1) is 11.4 Å². The average molecular weight is 268 g/mol. The molecule has 1 atom stereocenters. The zero-order valence-corrected chi connectivity index (χ0v) is 11.4. The smallest absolute Gasteiger partial charge is 0.239 e. The third-order valence-corrected chi connectivity index (χ3v) is 3.49. The molecule has 1 aliphatic heterocycles. The van der Waals surface area contributed by atoms with Crippen LogP contribution in [0, 0.1) is 0 Å². The number of anilines is 2. The van der Waals surface area contributed by atoms with Crippen LogP contribution in [-0.2, 0) is 11.2 Å². The monoisotopic (exact) mass is 267 g/mol. The molecule has 2 N–H and O–H groups in total. The Morgan fingerprint density at radius 3 is 3.00 bits per heavy atom. The molecule has 0 aliphatic carbocycles. The van der Waals surface area contributed by atoms with Gasteiger partial charge in [0.15, 0.2) is 0 Å². The Hall–Kier alpha value is -1.26. The Labute approximate surface area is 112 Å². The summed E-state index contributed by atoms with van der Waals surface area (Å²) in [6.45, 7) is 0.883. The first-order valence-electron chi connectivity index (χ1n) is 6.00. The Kier molecular flexibility index (Phi) is 4.09. The number of nitrogens with zero attached hydrogens (tertiary/aromatic N) is 1. The van der Waals surface area contributed by atoms with Gasteiger partial charge in [0.1, 0.15) is 5.88 Å². The van der Waals surface area contributed by atoms with Crippen LogP contribution < -0.4 is 10.6 Å². The molecule has 1 amide bonds. The third kappa shape index (κ3) is 2.76. The van der Waals surface area contributed by atoms with Crippen molar-refractivity contribution >= 4 is 28.9 Å². The van der Waals surface area contributed by atoms with E-state index in [9.17, 15) is 4.79 Å². The molecule has 1 aliphatic rings. The van der Waals surface area contributed by atoms with E-state index >= 15 is 0 Å². The zero-order chi connectivity index (χ0) is 13.1. The highest BCUT2D eigenvalue weighted by atomic mass is 35.5. The van der Waals surface area contributed by atoms with Crippen molar-refractivity contribution in [3.63, 3.8) is 0 Å². The summed E-state index contributed by atoms with van der Waals surface area (Å²) >= 11 is 5.51. The molecule has 2 rings (SSSR count). The SMILES string of the molecule is CN(C)C1CNc2c(cccc2NC(=O)CCl)C1. The quantitative estimate of drug-likeness (QED) is 0.821. The maximum absolute atomic E-state index is 11.4. The largest absolute Gasteiger partial charge is 0.382 e. The number of carbonyl (C=O) groups excluding carboxylic acids is 1. The van der Waals surface area contributed by atoms with Gasteiger partial charge < -0.3 is 15.5 Å². The predicted molar refractivity (Wildman–Crippen MR) is 75.5 cm³/mol. The Morgan fingerprint density at radius 2 is 2.33 bits per heavy atom. The van der Waals surface area contributed by atoms with E-state index in [4.69, 9.17) is 11.6 Å². The topological polar surface area (TPSA) is 44.4 Å². The summed E-state index contributed by atoms with van der Waals surface area (Å²) in [7, 11) is 4.16. The molecule has 0 aromatic heterocycles. The molecule has 5 heteroatoms. The van der Waals surface area contributed by atoms with Crippen molar-refractivity contribution in [2.75, 3.05) is 37.2 Å². The number of hydrogen-bond donors (Lipinski definition) is 2. The van der Waals surface area contributed by atoms with Gasteiger partial charge in [0.2, 0.25) is 5.91 Å². The molecular formula is C13H18ClN3O. The Balaban J connectivity index is 2.22. The lowest BCUT2D eigenvalue weighted by Crippen LogP contribution is -2.39. The number of hydrogen-bond acceptors (Lipinski definition) is 3. The van der Waals surface area contributed by atoms with Crippen LogP contribution >= 0.6 is 11.6 Å². The lowest BCUT2D eigenvalue weighted by Gasteiger charge is -2.32. The average Bonchev–Trinajstić information content (AvgIpc) is 2.38. The number of benzene rings is 1. The van der Waals surface area contributed by atoms with E-state index in [1.165, 1.54) is 5.56 Å². The molecule has 0 bridgehead atoms. The second-order valence-corrected chi connectivity index (χ2v) is 4.99. The molecule has 98 valence electrons. The van der Waals surface area contributed by atoms with Crippen LogP contribution in [0.2, 0.25) is 0 Å². The number of amides is 1. The van der Waals surface area contributed by atoms with Crippen LogP contribution in [0.1, 0.15) is 5.56 Å². The number of carbonyl (C=O) groups is 1. The molecule has 0 saturated carbocycles. The van der Waals surface area contributed by atoms with Crippen LogP contribution in [0.25, 0.3) is 0 Å². The van der Waals surface area contributed by atoms with Crippen molar-refractivity contribution < 1.29 is 4.79 Å². The predicted octanol–water partition coefficient (Wildman–Crippen LogP) is 1.76. The molecule has 0 saturated heterocycles. The zero-order valence-electron chi connectivity index (χ0n) is 10.7. The van der Waals surface area contributed by atoms with E-state index in [-0.39, 0.29) is 11.8 Å². The lowest BCUT2D eigenvalue weighted by atomic mass is 9.98. The molecule has 4 nitrogen and oxygen atoms in total. The van der Waals surface area contributed by atoms with E-state index in [2.05, 4.69) is 35.7 Å². The highest BCUT2D eigenvalue weighted by molar-refractivity contribution is 6.29. The first-order chi connectivity index (χ1) is 8.61. The maximum Gasteiger partial charge on any atom is 0.239 e. The van der Waals surface area contributed by atoms with Gasteiger partial charge in [0.25, 0.3) is 0 Å². The molecule has 1 heterocycles. The van der Waals surface area contributed by atoms with E-state index in [0.29, 0.717) is 6.04 Å². The number of nitrogens with one attached hydrogen (secondary N) is 2. The number of halogens is 1. The fraction of sp³-hybridized carbons (Fsp3) is 0.462. The molecule has 1 aromatic carbocycles. The van der Waals surface area contributed by atoms with Crippen molar-refractivity contribution in [2.45, 2.75) is 12.5 Å². The summed E-state index contributed by atoms with van der Waals surface area (Å²) in [6.07, 6.45) is 0.986. The summed E-state index contributed by atoms with van der Waals surface area (Å²) < 4.78 is 0. The number of para-hydroxylation sites is 1. The summed E-state index contributed by atoms with van der Waals surface area (Å²) in [5.74, 6) is -0.203. The summed E-state index contributed by atoms with van der Waals surface area (Å²) in [5.41, 5.74) is 3.07. The molecule has 0 fully saturated rings. The number of alkyl halides is 1. The number of likely N-dealkylation sites (N-methyl/N-ethyl adjacent to an activating group) is 1. The van der Waals surface area contributed by atoms with Gasteiger partial charge in [-0.3, -0.25) is 4.79 Å². The first-order valence-corrected chi connectivity index (χ1v) is 6.53. The van der Waals surface area contributed by atoms with Gasteiger partial charge >= 0.3 is 0 Å². The van der Waals surface area contributed by atoms with Crippen LogP contribution in [-0.4, -0.2) is 43.4 Å². The van der Waals surface area contributed by atoms with E-state index in [1.54, 1.807) is 0 Å². The molecule has 0 spiro atoms. The van der Waals surface area contributed by atoms with Gasteiger partial charge in [-0.05, 0) is 32.1 Å². The highest BCUT2D eigenvalue weighted by Crippen LogP contribution is 2.30. The van der Waals surface area contributed by atoms with Crippen molar-refractivity contribution in [3.05, 3.63) is 23.8 Å². The van der Waals surface area contributed by atoms with Crippen LogP contribution in [0.15, 0.2) is 18.2 Å². The van der Waals surface area contributed by atoms with Crippen LogP contribution in [0.5, 0.6) is 0 Å². The second-order valence-electron chi connectivity index (χ2n) is 4.72. The fourth-order valence-electron chi connectivity index (χ4n) is 2.18. The molecule has 18 heavy (non-hydrogen) atoms. The van der Waals surface area contributed by atoms with Gasteiger partial charge in [-0.1, -0.05) is 12.1 Å². The standard InChI is InChI=1S/C13H18ClN3O/c1-17(2)10-6-9-4-3-5-11(13(9)15-8-10)16-12(18)7-14/h3-5,10,15H,6-8H2,1-2H3,(H,16,18). The second kappa shape index (κ2) is 5.59. The first kappa shape index (κ1) is 13.2. The van der Waals surface area contributed by atoms with E-state index in [0.717, 1.165) is 24.3 Å². The minimum atomic E-state index is -0.179.